The second kappa shape index (κ2) is 6.16. The Labute approximate surface area is 108 Å². The number of piperidine rings is 1. The fourth-order valence-electron chi connectivity index (χ4n) is 2.29. The molecule has 0 aliphatic carbocycles. The quantitative estimate of drug-likeness (QED) is 0.884. The van der Waals surface area contributed by atoms with Crippen molar-refractivity contribution in [3.8, 4) is 0 Å². The van der Waals surface area contributed by atoms with Gasteiger partial charge in [-0.2, -0.15) is 0 Å². The van der Waals surface area contributed by atoms with E-state index in [0.717, 1.165) is 44.7 Å². The highest BCUT2D eigenvalue weighted by Crippen LogP contribution is 2.13. The van der Waals surface area contributed by atoms with Gasteiger partial charge in [-0.15, -0.1) is 0 Å². The van der Waals surface area contributed by atoms with Gasteiger partial charge in [0.05, 0.1) is 0 Å². The largest absolute Gasteiger partial charge is 0.373 e. The molecule has 2 N–H and O–H groups in total. The predicted octanol–water partition coefficient (Wildman–Crippen LogP) is 1.68. The van der Waals surface area contributed by atoms with E-state index in [4.69, 9.17) is 5.73 Å². The Bertz CT molecular complexity index is 358. The highest BCUT2D eigenvalue weighted by atomic mass is 19.1. The summed E-state index contributed by atoms with van der Waals surface area (Å²) >= 11 is 0. The molecule has 0 radical (unpaired) electrons. The molecule has 0 saturated carbocycles. The summed E-state index contributed by atoms with van der Waals surface area (Å²) in [7, 11) is 2.04. The molecular formula is C14H22FN3. The molecule has 1 aliphatic heterocycles. The van der Waals surface area contributed by atoms with E-state index < -0.39 is 0 Å². The van der Waals surface area contributed by atoms with Crippen LogP contribution in [0.15, 0.2) is 24.3 Å². The van der Waals surface area contributed by atoms with Gasteiger partial charge in [0.2, 0.25) is 0 Å². The van der Waals surface area contributed by atoms with Gasteiger partial charge in [0, 0.05) is 31.9 Å². The molecule has 0 aromatic heterocycles. The van der Waals surface area contributed by atoms with E-state index in [1.54, 1.807) is 0 Å². The minimum absolute atomic E-state index is 0.183. The number of hydrogen-bond acceptors (Lipinski definition) is 3. The molecule has 0 spiro atoms. The molecule has 18 heavy (non-hydrogen) atoms. The summed E-state index contributed by atoms with van der Waals surface area (Å²) in [6, 6.07) is 7.04. The van der Waals surface area contributed by atoms with Crippen molar-refractivity contribution in [1.82, 2.24) is 4.90 Å². The number of rotatable bonds is 4. The van der Waals surface area contributed by atoms with Gasteiger partial charge in [0.1, 0.15) is 5.82 Å². The van der Waals surface area contributed by atoms with Crippen LogP contribution in [0.1, 0.15) is 12.8 Å². The number of likely N-dealkylation sites (tertiary alicyclic amines) is 1. The molecule has 4 heteroatoms. The SMILES string of the molecule is CN(CCN1CCC(N)CC1)c1ccc(F)cc1. The molecule has 0 unspecified atom stereocenters. The molecule has 0 bridgehead atoms. The minimum Gasteiger partial charge on any atom is -0.373 e. The fraction of sp³-hybridized carbons (Fsp3) is 0.571. The number of nitrogens with zero attached hydrogens (tertiary/aromatic N) is 2. The lowest BCUT2D eigenvalue weighted by atomic mass is 10.1. The van der Waals surface area contributed by atoms with Crippen molar-refractivity contribution in [3.63, 3.8) is 0 Å². The smallest absolute Gasteiger partial charge is 0.123 e. The Morgan fingerprint density at radius 1 is 1.28 bits per heavy atom. The summed E-state index contributed by atoms with van der Waals surface area (Å²) < 4.78 is 12.8. The van der Waals surface area contributed by atoms with Crippen molar-refractivity contribution in [2.24, 2.45) is 5.73 Å². The molecule has 1 aromatic carbocycles. The lowest BCUT2D eigenvalue weighted by molar-refractivity contribution is 0.218. The first-order valence-corrected chi connectivity index (χ1v) is 6.60. The molecule has 0 amide bonds. The number of benzene rings is 1. The molecule has 1 aliphatic rings. The number of nitrogens with two attached hydrogens (primary N) is 1. The average molecular weight is 251 g/mol. The van der Waals surface area contributed by atoms with E-state index in [0.29, 0.717) is 6.04 Å². The van der Waals surface area contributed by atoms with Crippen LogP contribution in [0, 0.1) is 5.82 Å². The third-order valence-corrected chi connectivity index (χ3v) is 3.65. The highest BCUT2D eigenvalue weighted by Gasteiger charge is 2.15. The maximum absolute atomic E-state index is 12.8. The molecule has 1 heterocycles. The Morgan fingerprint density at radius 3 is 2.50 bits per heavy atom. The van der Waals surface area contributed by atoms with Gasteiger partial charge in [-0.1, -0.05) is 0 Å². The summed E-state index contributed by atoms with van der Waals surface area (Å²) in [5.74, 6) is -0.183. The van der Waals surface area contributed by atoms with Gasteiger partial charge in [-0.25, -0.2) is 4.39 Å². The van der Waals surface area contributed by atoms with E-state index in [-0.39, 0.29) is 5.82 Å². The van der Waals surface area contributed by atoms with Gasteiger partial charge in [0.25, 0.3) is 0 Å². The van der Waals surface area contributed by atoms with Crippen molar-refractivity contribution in [2.45, 2.75) is 18.9 Å². The van der Waals surface area contributed by atoms with Crippen molar-refractivity contribution in [3.05, 3.63) is 30.1 Å². The van der Waals surface area contributed by atoms with E-state index >= 15 is 0 Å². The van der Waals surface area contributed by atoms with Crippen LogP contribution in [0.4, 0.5) is 10.1 Å². The van der Waals surface area contributed by atoms with E-state index in [1.165, 1.54) is 12.1 Å². The maximum atomic E-state index is 12.8. The summed E-state index contributed by atoms with van der Waals surface area (Å²) in [5.41, 5.74) is 6.95. The molecule has 0 atom stereocenters. The topological polar surface area (TPSA) is 32.5 Å². The Kier molecular flexibility index (Phi) is 4.55. The van der Waals surface area contributed by atoms with Crippen molar-refractivity contribution >= 4 is 5.69 Å². The standard InChI is InChI=1S/C14H22FN3/c1-17(14-4-2-12(15)3-5-14)10-11-18-8-6-13(16)7-9-18/h2-5,13H,6-11,16H2,1H3. The van der Waals surface area contributed by atoms with E-state index in [9.17, 15) is 4.39 Å². The van der Waals surface area contributed by atoms with Gasteiger partial charge >= 0.3 is 0 Å². The Balaban J connectivity index is 1.77. The minimum atomic E-state index is -0.183. The van der Waals surface area contributed by atoms with Gasteiger partial charge in [0.15, 0.2) is 0 Å². The first-order valence-electron chi connectivity index (χ1n) is 6.60. The van der Waals surface area contributed by atoms with Crippen molar-refractivity contribution in [2.75, 3.05) is 38.1 Å². The number of halogens is 1. The number of likely N-dealkylation sites (N-methyl/N-ethyl adjacent to an activating group) is 1. The zero-order chi connectivity index (χ0) is 13.0. The average Bonchev–Trinajstić information content (AvgIpc) is 2.38. The van der Waals surface area contributed by atoms with Crippen LogP contribution in [-0.4, -0.2) is 44.2 Å². The summed E-state index contributed by atoms with van der Waals surface area (Å²) in [6.07, 6.45) is 2.19. The second-order valence-corrected chi connectivity index (χ2v) is 5.08. The summed E-state index contributed by atoms with van der Waals surface area (Å²) in [6.45, 7) is 4.19. The van der Waals surface area contributed by atoms with Crippen molar-refractivity contribution in [1.29, 1.82) is 0 Å². The molecule has 3 nitrogen and oxygen atoms in total. The van der Waals surface area contributed by atoms with Gasteiger partial charge < -0.3 is 15.5 Å². The Hall–Kier alpha value is -1.13. The van der Waals surface area contributed by atoms with E-state index in [2.05, 4.69) is 9.80 Å². The van der Waals surface area contributed by atoms with Crippen LogP contribution in [0.5, 0.6) is 0 Å². The second-order valence-electron chi connectivity index (χ2n) is 5.08. The molecule has 100 valence electrons. The first-order chi connectivity index (χ1) is 8.65. The molecule has 1 saturated heterocycles. The lowest BCUT2D eigenvalue weighted by Crippen LogP contribution is -2.42. The summed E-state index contributed by atoms with van der Waals surface area (Å²) in [5, 5.41) is 0. The monoisotopic (exact) mass is 251 g/mol. The predicted molar refractivity (Wildman–Crippen MR) is 73.3 cm³/mol. The van der Waals surface area contributed by atoms with Gasteiger partial charge in [-0.3, -0.25) is 0 Å². The molecule has 1 aromatic rings. The molecule has 1 fully saturated rings. The Morgan fingerprint density at radius 2 is 1.89 bits per heavy atom. The normalized spacial score (nSPS) is 17.9. The van der Waals surface area contributed by atoms with Crippen LogP contribution >= 0.6 is 0 Å². The van der Waals surface area contributed by atoms with Crippen molar-refractivity contribution < 1.29 is 4.39 Å². The summed E-state index contributed by atoms with van der Waals surface area (Å²) in [4.78, 5) is 4.61. The molecular weight excluding hydrogens is 229 g/mol. The van der Waals surface area contributed by atoms with Crippen LogP contribution in [0.25, 0.3) is 0 Å². The maximum Gasteiger partial charge on any atom is 0.123 e. The third-order valence-electron chi connectivity index (χ3n) is 3.65. The first kappa shape index (κ1) is 13.3. The van der Waals surface area contributed by atoms with Crippen LogP contribution < -0.4 is 10.6 Å². The molecule has 2 rings (SSSR count). The van der Waals surface area contributed by atoms with Gasteiger partial charge in [-0.05, 0) is 50.2 Å². The van der Waals surface area contributed by atoms with Crippen LogP contribution in [-0.2, 0) is 0 Å². The number of anilines is 1. The lowest BCUT2D eigenvalue weighted by Gasteiger charge is -2.31. The third kappa shape index (κ3) is 3.68. The fourth-order valence-corrected chi connectivity index (χ4v) is 2.29. The zero-order valence-electron chi connectivity index (χ0n) is 11.0. The highest BCUT2D eigenvalue weighted by molar-refractivity contribution is 5.45. The van der Waals surface area contributed by atoms with Crippen LogP contribution in [0.2, 0.25) is 0 Å². The zero-order valence-corrected chi connectivity index (χ0v) is 11.0. The number of hydrogen-bond donors (Lipinski definition) is 1. The van der Waals surface area contributed by atoms with E-state index in [1.807, 2.05) is 19.2 Å². The van der Waals surface area contributed by atoms with Crippen LogP contribution in [0.3, 0.4) is 0 Å².